The summed E-state index contributed by atoms with van der Waals surface area (Å²) >= 11 is 0. The summed E-state index contributed by atoms with van der Waals surface area (Å²) in [5.41, 5.74) is 1.45. The SMILES string of the molecule is COc1ccccc1C(=O)NCC(=O)N1CCO[C@@H](c2ccccc2)C1. The molecule has 0 spiro atoms. The second-order valence-electron chi connectivity index (χ2n) is 5.99. The van der Waals surface area contributed by atoms with E-state index in [0.717, 1.165) is 5.56 Å². The number of benzene rings is 2. The van der Waals surface area contributed by atoms with Crippen molar-refractivity contribution in [3.05, 3.63) is 65.7 Å². The smallest absolute Gasteiger partial charge is 0.255 e. The molecule has 0 unspecified atom stereocenters. The summed E-state index contributed by atoms with van der Waals surface area (Å²) in [4.78, 5) is 26.5. The van der Waals surface area contributed by atoms with E-state index in [-0.39, 0.29) is 24.5 Å². The number of carbonyl (C=O) groups excluding carboxylic acids is 2. The maximum atomic E-state index is 12.5. The van der Waals surface area contributed by atoms with Crippen molar-refractivity contribution in [3.63, 3.8) is 0 Å². The first-order chi connectivity index (χ1) is 12.7. The number of nitrogens with one attached hydrogen (secondary N) is 1. The van der Waals surface area contributed by atoms with Crippen molar-refractivity contribution in [2.24, 2.45) is 0 Å². The van der Waals surface area contributed by atoms with Crippen molar-refractivity contribution in [2.45, 2.75) is 6.10 Å². The second-order valence-corrected chi connectivity index (χ2v) is 5.99. The van der Waals surface area contributed by atoms with Gasteiger partial charge < -0.3 is 19.7 Å². The van der Waals surface area contributed by atoms with Gasteiger partial charge in [0.05, 0.1) is 32.4 Å². The lowest BCUT2D eigenvalue weighted by Gasteiger charge is -2.33. The van der Waals surface area contributed by atoms with Gasteiger partial charge in [-0.25, -0.2) is 0 Å². The monoisotopic (exact) mass is 354 g/mol. The van der Waals surface area contributed by atoms with Crippen LogP contribution >= 0.6 is 0 Å². The Morgan fingerprint density at radius 2 is 1.88 bits per heavy atom. The molecule has 0 aromatic heterocycles. The van der Waals surface area contributed by atoms with E-state index < -0.39 is 0 Å². The molecule has 1 heterocycles. The normalized spacial score (nSPS) is 16.8. The molecule has 1 fully saturated rings. The number of hydrogen-bond acceptors (Lipinski definition) is 4. The van der Waals surface area contributed by atoms with Gasteiger partial charge in [0.15, 0.2) is 0 Å². The summed E-state index contributed by atoms with van der Waals surface area (Å²) in [5.74, 6) is 0.0223. The largest absolute Gasteiger partial charge is 0.496 e. The molecule has 136 valence electrons. The minimum atomic E-state index is -0.330. The van der Waals surface area contributed by atoms with Crippen molar-refractivity contribution in [2.75, 3.05) is 33.4 Å². The molecule has 1 saturated heterocycles. The highest BCUT2D eigenvalue weighted by Gasteiger charge is 2.25. The molecule has 1 atom stereocenters. The molecule has 26 heavy (non-hydrogen) atoms. The molecule has 2 amide bonds. The Hall–Kier alpha value is -2.86. The van der Waals surface area contributed by atoms with Crippen LogP contribution in [0.4, 0.5) is 0 Å². The van der Waals surface area contributed by atoms with Gasteiger partial charge >= 0.3 is 0 Å². The Kier molecular flexibility index (Phi) is 5.86. The molecule has 0 saturated carbocycles. The summed E-state index contributed by atoms with van der Waals surface area (Å²) in [6, 6.07) is 16.7. The zero-order valence-electron chi connectivity index (χ0n) is 14.7. The average Bonchev–Trinajstić information content (AvgIpc) is 2.72. The highest BCUT2D eigenvalue weighted by atomic mass is 16.5. The third kappa shape index (κ3) is 4.21. The third-order valence-electron chi connectivity index (χ3n) is 4.34. The van der Waals surface area contributed by atoms with Crippen LogP contribution in [0.3, 0.4) is 0 Å². The predicted molar refractivity (Wildman–Crippen MR) is 97.0 cm³/mol. The molecule has 3 rings (SSSR count). The molecule has 1 N–H and O–H groups in total. The van der Waals surface area contributed by atoms with Gasteiger partial charge in [0.2, 0.25) is 5.91 Å². The van der Waals surface area contributed by atoms with Crippen molar-refractivity contribution < 1.29 is 19.1 Å². The van der Waals surface area contributed by atoms with Crippen molar-refractivity contribution in [1.29, 1.82) is 0 Å². The van der Waals surface area contributed by atoms with E-state index in [1.165, 1.54) is 7.11 Å². The minimum Gasteiger partial charge on any atom is -0.496 e. The van der Waals surface area contributed by atoms with Gasteiger partial charge in [-0.1, -0.05) is 42.5 Å². The fourth-order valence-corrected chi connectivity index (χ4v) is 2.94. The van der Waals surface area contributed by atoms with E-state index in [4.69, 9.17) is 9.47 Å². The van der Waals surface area contributed by atoms with Gasteiger partial charge in [-0.2, -0.15) is 0 Å². The van der Waals surface area contributed by atoms with Crippen LogP contribution in [0.15, 0.2) is 54.6 Å². The van der Waals surface area contributed by atoms with Crippen LogP contribution in [-0.2, 0) is 9.53 Å². The fourth-order valence-electron chi connectivity index (χ4n) is 2.94. The van der Waals surface area contributed by atoms with Crippen molar-refractivity contribution >= 4 is 11.8 Å². The van der Waals surface area contributed by atoms with E-state index >= 15 is 0 Å². The Balaban J connectivity index is 1.57. The third-order valence-corrected chi connectivity index (χ3v) is 4.34. The number of rotatable bonds is 5. The molecule has 2 aromatic carbocycles. The lowest BCUT2D eigenvalue weighted by molar-refractivity contribution is -0.137. The first kappa shape index (κ1) is 17.9. The van der Waals surface area contributed by atoms with Crippen LogP contribution in [-0.4, -0.2) is 50.1 Å². The topological polar surface area (TPSA) is 67.9 Å². The number of morpholine rings is 1. The number of carbonyl (C=O) groups is 2. The predicted octanol–water partition coefficient (Wildman–Crippen LogP) is 2.03. The maximum Gasteiger partial charge on any atom is 0.255 e. The quantitative estimate of drug-likeness (QED) is 0.892. The van der Waals surface area contributed by atoms with Crippen LogP contribution in [0.1, 0.15) is 22.0 Å². The standard InChI is InChI=1S/C20H22N2O4/c1-25-17-10-6-5-9-16(17)20(24)21-13-19(23)22-11-12-26-18(14-22)15-7-3-2-4-8-15/h2-10,18H,11-14H2,1H3,(H,21,24)/t18-/m1/s1. The van der Waals surface area contributed by atoms with Gasteiger partial charge in [-0.3, -0.25) is 9.59 Å². The lowest BCUT2D eigenvalue weighted by atomic mass is 10.1. The van der Waals surface area contributed by atoms with Gasteiger partial charge in [-0.15, -0.1) is 0 Å². The highest BCUT2D eigenvalue weighted by molar-refractivity contribution is 5.98. The molecular weight excluding hydrogens is 332 g/mol. The molecule has 0 bridgehead atoms. The van der Waals surface area contributed by atoms with Crippen LogP contribution < -0.4 is 10.1 Å². The molecule has 1 aliphatic rings. The first-order valence-corrected chi connectivity index (χ1v) is 8.54. The minimum absolute atomic E-state index is 0.0572. The number of methoxy groups -OCH3 is 1. The Morgan fingerprint density at radius 1 is 1.15 bits per heavy atom. The van der Waals surface area contributed by atoms with E-state index in [0.29, 0.717) is 31.0 Å². The summed E-state index contributed by atoms with van der Waals surface area (Å²) in [7, 11) is 1.51. The number of amides is 2. The Labute approximate surface area is 152 Å². The van der Waals surface area contributed by atoms with Gasteiger partial charge in [0.1, 0.15) is 11.9 Å². The van der Waals surface area contributed by atoms with E-state index in [9.17, 15) is 9.59 Å². The van der Waals surface area contributed by atoms with Crippen molar-refractivity contribution in [3.8, 4) is 5.75 Å². The Morgan fingerprint density at radius 3 is 2.65 bits per heavy atom. The summed E-state index contributed by atoms with van der Waals surface area (Å²) in [5, 5.41) is 2.67. The average molecular weight is 354 g/mol. The fraction of sp³-hybridized carbons (Fsp3) is 0.300. The number of ether oxygens (including phenoxy) is 2. The summed E-state index contributed by atoms with van der Waals surface area (Å²) < 4.78 is 11.0. The number of nitrogens with zero attached hydrogens (tertiary/aromatic N) is 1. The molecular formula is C20H22N2O4. The van der Waals surface area contributed by atoms with Gasteiger partial charge in [-0.05, 0) is 17.7 Å². The number of para-hydroxylation sites is 1. The zero-order valence-corrected chi connectivity index (χ0v) is 14.7. The molecule has 1 aliphatic heterocycles. The second kappa shape index (κ2) is 8.49. The van der Waals surface area contributed by atoms with Gasteiger partial charge in [0.25, 0.3) is 5.91 Å². The molecule has 6 heteroatoms. The number of hydrogen-bond donors (Lipinski definition) is 1. The van der Waals surface area contributed by atoms with E-state index in [2.05, 4.69) is 5.32 Å². The van der Waals surface area contributed by atoms with Crippen LogP contribution in [0.2, 0.25) is 0 Å². The molecule has 0 aliphatic carbocycles. The van der Waals surface area contributed by atoms with Gasteiger partial charge in [0, 0.05) is 6.54 Å². The van der Waals surface area contributed by atoms with Crippen LogP contribution in [0.5, 0.6) is 5.75 Å². The van der Waals surface area contributed by atoms with E-state index in [1.807, 2.05) is 30.3 Å². The maximum absolute atomic E-state index is 12.5. The molecule has 2 aromatic rings. The molecule has 6 nitrogen and oxygen atoms in total. The van der Waals surface area contributed by atoms with Crippen LogP contribution in [0, 0.1) is 0 Å². The van der Waals surface area contributed by atoms with Crippen molar-refractivity contribution in [1.82, 2.24) is 10.2 Å². The first-order valence-electron chi connectivity index (χ1n) is 8.54. The Bertz CT molecular complexity index is 763. The van der Waals surface area contributed by atoms with Crippen LogP contribution in [0.25, 0.3) is 0 Å². The summed E-state index contributed by atoms with van der Waals surface area (Å²) in [6.07, 6.45) is -0.140. The lowest BCUT2D eigenvalue weighted by Crippen LogP contribution is -2.46. The van der Waals surface area contributed by atoms with E-state index in [1.54, 1.807) is 29.2 Å². The zero-order chi connectivity index (χ0) is 18.4. The highest BCUT2D eigenvalue weighted by Crippen LogP contribution is 2.22. The summed E-state index contributed by atoms with van der Waals surface area (Å²) in [6.45, 7) is 1.42. The molecule has 0 radical (unpaired) electrons.